The van der Waals surface area contributed by atoms with Gasteiger partial charge in [0.25, 0.3) is 0 Å². The van der Waals surface area contributed by atoms with Crippen molar-refractivity contribution in [3.05, 3.63) is 53.6 Å². The standard InChI is InChI=1S/C21H25N3O3/c1-15-12-17-4-2-3-5-18(17)24(15)11-10-23-21(25)22-9-8-16-6-7-19-20(13-16)27-14-26-19/h2-7,13,15H,8-12,14H2,1H3,(H2,22,23,25). The van der Waals surface area contributed by atoms with Crippen molar-refractivity contribution in [3.8, 4) is 11.5 Å². The molecule has 1 unspecified atom stereocenters. The Balaban J connectivity index is 1.18. The predicted molar refractivity (Wildman–Crippen MR) is 105 cm³/mol. The van der Waals surface area contributed by atoms with E-state index >= 15 is 0 Å². The zero-order valence-corrected chi connectivity index (χ0v) is 15.5. The average Bonchev–Trinajstić information content (AvgIpc) is 3.25. The monoisotopic (exact) mass is 367 g/mol. The number of rotatable bonds is 6. The van der Waals surface area contributed by atoms with Crippen LogP contribution in [-0.2, 0) is 12.8 Å². The first-order chi connectivity index (χ1) is 13.2. The molecule has 0 aromatic heterocycles. The van der Waals surface area contributed by atoms with E-state index in [1.54, 1.807) is 0 Å². The van der Waals surface area contributed by atoms with E-state index in [1.165, 1.54) is 11.3 Å². The van der Waals surface area contributed by atoms with Crippen LogP contribution < -0.4 is 25.0 Å². The molecule has 2 aliphatic rings. The molecule has 6 heteroatoms. The van der Waals surface area contributed by atoms with Crippen LogP contribution in [0.4, 0.5) is 10.5 Å². The number of urea groups is 1. The van der Waals surface area contributed by atoms with E-state index in [4.69, 9.17) is 9.47 Å². The average molecular weight is 367 g/mol. The first kappa shape index (κ1) is 17.5. The lowest BCUT2D eigenvalue weighted by Crippen LogP contribution is -2.42. The van der Waals surface area contributed by atoms with Crippen LogP contribution in [0.2, 0.25) is 0 Å². The molecule has 0 fully saturated rings. The Morgan fingerprint density at radius 2 is 1.93 bits per heavy atom. The van der Waals surface area contributed by atoms with Gasteiger partial charge in [-0.3, -0.25) is 0 Å². The number of hydrogen-bond acceptors (Lipinski definition) is 4. The highest BCUT2D eigenvalue weighted by Gasteiger charge is 2.24. The maximum absolute atomic E-state index is 12.0. The summed E-state index contributed by atoms with van der Waals surface area (Å²) in [6, 6.07) is 14.7. The Morgan fingerprint density at radius 3 is 2.85 bits per heavy atom. The highest BCUT2D eigenvalue weighted by atomic mass is 16.7. The molecule has 6 nitrogen and oxygen atoms in total. The van der Waals surface area contributed by atoms with Gasteiger partial charge in [-0.25, -0.2) is 4.79 Å². The van der Waals surface area contributed by atoms with Crippen LogP contribution in [0.3, 0.4) is 0 Å². The van der Waals surface area contributed by atoms with Crippen LogP contribution in [0.25, 0.3) is 0 Å². The summed E-state index contributed by atoms with van der Waals surface area (Å²) >= 11 is 0. The van der Waals surface area contributed by atoms with Gasteiger partial charge < -0.3 is 25.0 Å². The van der Waals surface area contributed by atoms with Crippen molar-refractivity contribution in [2.24, 2.45) is 0 Å². The van der Waals surface area contributed by atoms with E-state index in [-0.39, 0.29) is 12.8 Å². The van der Waals surface area contributed by atoms with E-state index in [9.17, 15) is 4.79 Å². The van der Waals surface area contributed by atoms with E-state index < -0.39 is 0 Å². The van der Waals surface area contributed by atoms with Gasteiger partial charge in [0, 0.05) is 31.4 Å². The van der Waals surface area contributed by atoms with Gasteiger partial charge in [-0.1, -0.05) is 24.3 Å². The summed E-state index contributed by atoms with van der Waals surface area (Å²) < 4.78 is 10.7. The maximum atomic E-state index is 12.0. The number of nitrogens with zero attached hydrogens (tertiary/aromatic N) is 1. The molecule has 2 aromatic carbocycles. The molecular weight excluding hydrogens is 342 g/mol. The van der Waals surface area contributed by atoms with Gasteiger partial charge in [0.05, 0.1) is 0 Å². The van der Waals surface area contributed by atoms with E-state index in [1.807, 2.05) is 18.2 Å². The Morgan fingerprint density at radius 1 is 1.11 bits per heavy atom. The Bertz CT molecular complexity index is 824. The molecule has 0 radical (unpaired) electrons. The minimum Gasteiger partial charge on any atom is -0.454 e. The largest absolute Gasteiger partial charge is 0.454 e. The van der Waals surface area contributed by atoms with Gasteiger partial charge in [-0.05, 0) is 49.1 Å². The maximum Gasteiger partial charge on any atom is 0.314 e. The molecule has 0 spiro atoms. The van der Waals surface area contributed by atoms with Gasteiger partial charge in [0.2, 0.25) is 6.79 Å². The second-order valence-electron chi connectivity index (χ2n) is 7.00. The molecule has 0 bridgehead atoms. The first-order valence-corrected chi connectivity index (χ1v) is 9.45. The molecular formula is C21H25N3O3. The fraction of sp³-hybridized carbons (Fsp3) is 0.381. The number of ether oxygens (including phenoxy) is 2. The highest BCUT2D eigenvalue weighted by Crippen LogP contribution is 2.32. The van der Waals surface area contributed by atoms with Gasteiger partial charge in [-0.2, -0.15) is 0 Å². The van der Waals surface area contributed by atoms with Crippen molar-refractivity contribution >= 4 is 11.7 Å². The molecule has 1 atom stereocenters. The third-order valence-electron chi connectivity index (χ3n) is 5.12. The lowest BCUT2D eigenvalue weighted by Gasteiger charge is -2.25. The molecule has 142 valence electrons. The normalized spacial score (nSPS) is 16.9. The zero-order chi connectivity index (χ0) is 18.6. The summed E-state index contributed by atoms with van der Waals surface area (Å²) in [5, 5.41) is 5.87. The second kappa shape index (κ2) is 7.78. The molecule has 2 aliphatic heterocycles. The topological polar surface area (TPSA) is 62.8 Å². The number of hydrogen-bond donors (Lipinski definition) is 2. The number of carbonyl (C=O) groups is 1. The molecule has 2 heterocycles. The number of benzene rings is 2. The number of amides is 2. The third kappa shape index (κ3) is 3.94. The molecule has 0 saturated heterocycles. The zero-order valence-electron chi connectivity index (χ0n) is 15.5. The smallest absolute Gasteiger partial charge is 0.314 e. The first-order valence-electron chi connectivity index (χ1n) is 9.45. The summed E-state index contributed by atoms with van der Waals surface area (Å²) in [4.78, 5) is 14.4. The number of carbonyl (C=O) groups excluding carboxylic acids is 1. The lowest BCUT2D eigenvalue weighted by atomic mass is 10.1. The molecule has 2 aromatic rings. The number of fused-ring (bicyclic) bond motifs is 2. The molecule has 0 aliphatic carbocycles. The molecule has 4 rings (SSSR count). The Kier molecular flexibility index (Phi) is 5.05. The molecule has 0 saturated carbocycles. The van der Waals surface area contributed by atoms with Crippen molar-refractivity contribution < 1.29 is 14.3 Å². The van der Waals surface area contributed by atoms with Crippen molar-refractivity contribution in [2.45, 2.75) is 25.8 Å². The van der Waals surface area contributed by atoms with Crippen LogP contribution in [0, 0.1) is 0 Å². The summed E-state index contributed by atoms with van der Waals surface area (Å²) in [5.74, 6) is 1.55. The van der Waals surface area contributed by atoms with Crippen molar-refractivity contribution in [1.29, 1.82) is 0 Å². The van der Waals surface area contributed by atoms with Crippen molar-refractivity contribution in [3.63, 3.8) is 0 Å². The third-order valence-corrected chi connectivity index (χ3v) is 5.12. The van der Waals surface area contributed by atoms with Crippen LogP contribution in [0.1, 0.15) is 18.1 Å². The fourth-order valence-corrected chi connectivity index (χ4v) is 3.74. The van der Waals surface area contributed by atoms with Crippen molar-refractivity contribution in [1.82, 2.24) is 10.6 Å². The number of nitrogens with one attached hydrogen (secondary N) is 2. The SMILES string of the molecule is CC1Cc2ccccc2N1CCNC(=O)NCCc1ccc2c(c1)OCO2. The lowest BCUT2D eigenvalue weighted by molar-refractivity contribution is 0.174. The quantitative estimate of drug-likeness (QED) is 0.824. The summed E-state index contributed by atoms with van der Waals surface area (Å²) in [7, 11) is 0. The minimum absolute atomic E-state index is 0.129. The number of anilines is 1. The molecule has 2 amide bonds. The predicted octanol–water partition coefficient (Wildman–Crippen LogP) is 2.71. The Hall–Kier alpha value is -2.89. The Labute approximate surface area is 159 Å². The van der Waals surface area contributed by atoms with Gasteiger partial charge in [0.15, 0.2) is 11.5 Å². The number of para-hydroxylation sites is 1. The van der Waals surface area contributed by atoms with Crippen LogP contribution in [0.15, 0.2) is 42.5 Å². The summed E-state index contributed by atoms with van der Waals surface area (Å²) in [6.45, 7) is 4.52. The van der Waals surface area contributed by atoms with E-state index in [2.05, 4.69) is 46.7 Å². The van der Waals surface area contributed by atoms with E-state index in [0.717, 1.165) is 36.4 Å². The van der Waals surface area contributed by atoms with Gasteiger partial charge in [0.1, 0.15) is 0 Å². The van der Waals surface area contributed by atoms with E-state index in [0.29, 0.717) is 19.1 Å². The second-order valence-corrected chi connectivity index (χ2v) is 7.00. The summed E-state index contributed by atoms with van der Waals surface area (Å²) in [5.41, 5.74) is 3.79. The highest BCUT2D eigenvalue weighted by molar-refractivity contribution is 5.73. The molecule has 27 heavy (non-hydrogen) atoms. The fourth-order valence-electron chi connectivity index (χ4n) is 3.74. The summed E-state index contributed by atoms with van der Waals surface area (Å²) in [6.07, 6.45) is 1.82. The van der Waals surface area contributed by atoms with Gasteiger partial charge >= 0.3 is 6.03 Å². The minimum atomic E-state index is -0.129. The van der Waals surface area contributed by atoms with Crippen LogP contribution in [-0.4, -0.2) is 38.5 Å². The van der Waals surface area contributed by atoms with Crippen LogP contribution in [0.5, 0.6) is 11.5 Å². The molecule has 2 N–H and O–H groups in total. The van der Waals surface area contributed by atoms with Gasteiger partial charge in [-0.15, -0.1) is 0 Å². The van der Waals surface area contributed by atoms with Crippen molar-refractivity contribution in [2.75, 3.05) is 31.3 Å². The van der Waals surface area contributed by atoms with Crippen LogP contribution >= 0.6 is 0 Å².